The topological polar surface area (TPSA) is 32.6 Å². The molecule has 0 aliphatic heterocycles. The van der Waals surface area contributed by atoms with Gasteiger partial charge in [0.15, 0.2) is 0 Å². The van der Waals surface area contributed by atoms with Crippen LogP contribution in [0.25, 0.3) is 0 Å². The predicted octanol–water partition coefficient (Wildman–Crippen LogP) is 9.85. The van der Waals surface area contributed by atoms with Crippen LogP contribution in [-0.2, 0) is 16.0 Å². The molecule has 2 atom stereocenters. The SMILES string of the molecule is CCCCCC(C)(Pc1ccc(C)cc1/C=N/c1ccccc1)c1cc(C(C)(C)C)cc(C(C)(C)C)c1O. The van der Waals surface area contributed by atoms with E-state index in [0.29, 0.717) is 14.3 Å². The molecule has 0 fully saturated rings. The molecule has 1 N–H and O–H groups in total. The molecule has 0 bridgehead atoms. The van der Waals surface area contributed by atoms with Gasteiger partial charge >= 0.3 is 0 Å². The predicted molar refractivity (Wildman–Crippen MR) is 170 cm³/mol. The van der Waals surface area contributed by atoms with Gasteiger partial charge < -0.3 is 5.11 Å². The lowest BCUT2D eigenvalue weighted by Gasteiger charge is -2.36. The number of phenols is 1. The van der Waals surface area contributed by atoms with Crippen molar-refractivity contribution >= 4 is 25.8 Å². The molecular weight excluding hydrogens is 481 g/mol. The van der Waals surface area contributed by atoms with E-state index in [-0.39, 0.29) is 16.0 Å². The number of phenolic OH excluding ortho intramolecular Hbond substituents is 1. The van der Waals surface area contributed by atoms with Crippen LogP contribution in [0.5, 0.6) is 5.75 Å². The van der Waals surface area contributed by atoms with Crippen LogP contribution in [0.15, 0.2) is 65.7 Å². The maximum absolute atomic E-state index is 11.8. The lowest BCUT2D eigenvalue weighted by Crippen LogP contribution is -2.25. The van der Waals surface area contributed by atoms with E-state index in [4.69, 9.17) is 4.99 Å². The summed E-state index contributed by atoms with van der Waals surface area (Å²) in [5.74, 6) is 0.476. The average molecular weight is 530 g/mol. The molecule has 3 aromatic carbocycles. The third-order valence-electron chi connectivity index (χ3n) is 7.39. The van der Waals surface area contributed by atoms with Crippen LogP contribution in [0.1, 0.15) is 109 Å². The summed E-state index contributed by atoms with van der Waals surface area (Å²) in [5, 5.41) is 12.9. The Bertz CT molecular complexity index is 1250. The van der Waals surface area contributed by atoms with Crippen LogP contribution < -0.4 is 5.30 Å². The van der Waals surface area contributed by atoms with Gasteiger partial charge in [-0.3, -0.25) is 4.99 Å². The van der Waals surface area contributed by atoms with Crippen molar-refractivity contribution in [2.75, 3.05) is 0 Å². The number of aliphatic imine (C=N–C) groups is 1. The van der Waals surface area contributed by atoms with Crippen molar-refractivity contribution in [3.8, 4) is 5.75 Å². The summed E-state index contributed by atoms with van der Waals surface area (Å²) in [6.07, 6.45) is 6.57. The molecule has 0 heterocycles. The Hall–Kier alpha value is -2.44. The number of nitrogens with zero attached hydrogens (tertiary/aromatic N) is 1. The minimum Gasteiger partial charge on any atom is -0.507 e. The number of hydrogen-bond acceptors (Lipinski definition) is 2. The lowest BCUT2D eigenvalue weighted by molar-refractivity contribution is 0.424. The van der Waals surface area contributed by atoms with Crippen molar-refractivity contribution in [1.82, 2.24) is 0 Å². The number of aryl methyl sites for hydroxylation is 1. The van der Waals surface area contributed by atoms with Gasteiger partial charge in [0.25, 0.3) is 0 Å². The Morgan fingerprint density at radius 1 is 0.816 bits per heavy atom. The zero-order valence-electron chi connectivity index (χ0n) is 25.1. The average Bonchev–Trinajstić information content (AvgIpc) is 2.83. The van der Waals surface area contributed by atoms with Crippen molar-refractivity contribution in [2.45, 2.75) is 104 Å². The molecule has 0 saturated heterocycles. The first-order valence-corrected chi connectivity index (χ1v) is 15.1. The van der Waals surface area contributed by atoms with Crippen LogP contribution in [0, 0.1) is 6.92 Å². The van der Waals surface area contributed by atoms with Crippen molar-refractivity contribution in [1.29, 1.82) is 0 Å². The van der Waals surface area contributed by atoms with E-state index in [2.05, 4.69) is 92.6 Å². The monoisotopic (exact) mass is 529 g/mol. The third-order valence-corrected chi connectivity index (χ3v) is 9.18. The van der Waals surface area contributed by atoms with Gasteiger partial charge in [-0.2, -0.15) is 0 Å². The van der Waals surface area contributed by atoms with E-state index in [0.717, 1.165) is 35.2 Å². The van der Waals surface area contributed by atoms with Crippen molar-refractivity contribution in [3.05, 3.63) is 88.5 Å². The second-order valence-corrected chi connectivity index (χ2v) is 14.9. The van der Waals surface area contributed by atoms with Gasteiger partial charge in [0.2, 0.25) is 0 Å². The molecule has 0 amide bonds. The van der Waals surface area contributed by atoms with Crippen LogP contribution in [-0.4, -0.2) is 11.3 Å². The molecule has 38 heavy (non-hydrogen) atoms. The highest BCUT2D eigenvalue weighted by molar-refractivity contribution is 7.48. The van der Waals surface area contributed by atoms with E-state index >= 15 is 0 Å². The van der Waals surface area contributed by atoms with Crippen molar-refractivity contribution < 1.29 is 5.11 Å². The number of hydrogen-bond donors (Lipinski definition) is 1. The maximum Gasteiger partial charge on any atom is 0.123 e. The highest BCUT2D eigenvalue weighted by Crippen LogP contribution is 2.51. The first kappa shape index (κ1) is 30.1. The zero-order chi connectivity index (χ0) is 28.1. The van der Waals surface area contributed by atoms with Crippen LogP contribution in [0.3, 0.4) is 0 Å². The molecule has 0 radical (unpaired) electrons. The molecule has 3 aromatic rings. The molecule has 2 unspecified atom stereocenters. The maximum atomic E-state index is 11.8. The third kappa shape index (κ3) is 7.57. The molecule has 0 aliphatic carbocycles. The second kappa shape index (κ2) is 12.2. The number of rotatable bonds is 9. The summed E-state index contributed by atoms with van der Waals surface area (Å²) in [6.45, 7) is 20.2. The minimum absolute atomic E-state index is 0.00670. The summed E-state index contributed by atoms with van der Waals surface area (Å²) in [5.41, 5.74) is 6.62. The van der Waals surface area contributed by atoms with Crippen molar-refractivity contribution in [3.63, 3.8) is 0 Å². The van der Waals surface area contributed by atoms with Crippen LogP contribution in [0.2, 0.25) is 0 Å². The van der Waals surface area contributed by atoms with Gasteiger partial charge in [-0.25, -0.2) is 0 Å². The Morgan fingerprint density at radius 3 is 2.08 bits per heavy atom. The van der Waals surface area contributed by atoms with E-state index in [1.54, 1.807) is 0 Å². The Balaban J connectivity index is 2.17. The fourth-order valence-corrected chi connectivity index (χ4v) is 6.58. The van der Waals surface area contributed by atoms with E-state index < -0.39 is 0 Å². The van der Waals surface area contributed by atoms with Crippen LogP contribution >= 0.6 is 8.58 Å². The summed E-state index contributed by atoms with van der Waals surface area (Å²) in [7, 11) is 0.505. The molecule has 0 aromatic heterocycles. The molecule has 0 saturated carbocycles. The highest BCUT2D eigenvalue weighted by atomic mass is 31.1. The number of para-hydroxylation sites is 1. The van der Waals surface area contributed by atoms with Gasteiger partial charge in [-0.05, 0) is 58.8 Å². The molecule has 0 aliphatic rings. The van der Waals surface area contributed by atoms with Crippen molar-refractivity contribution in [2.24, 2.45) is 4.99 Å². The normalized spacial score (nSPS) is 14.4. The van der Waals surface area contributed by atoms with Crippen LogP contribution in [0.4, 0.5) is 5.69 Å². The zero-order valence-corrected chi connectivity index (χ0v) is 26.1. The standard InChI is InChI=1S/C35H48NOP/c1-10-11-15-20-35(9,30-23-27(33(3,4)5)22-29(32(30)37)34(6,7)8)38-31-19-18-25(2)21-26(31)24-36-28-16-13-12-14-17-28/h12-14,16-19,21-24,37-38H,10-11,15,20H2,1-9H3/b36-24+. The summed E-state index contributed by atoms with van der Waals surface area (Å²) in [4.78, 5) is 4.80. The first-order chi connectivity index (χ1) is 17.7. The smallest absolute Gasteiger partial charge is 0.123 e. The molecule has 3 heteroatoms. The molecule has 0 spiro atoms. The molecule has 3 rings (SSSR count). The fraction of sp³-hybridized carbons (Fsp3) is 0.457. The summed E-state index contributed by atoms with van der Waals surface area (Å²) < 4.78 is 0. The Morgan fingerprint density at radius 2 is 1.47 bits per heavy atom. The number of benzene rings is 3. The Kier molecular flexibility index (Phi) is 9.64. The van der Waals surface area contributed by atoms with E-state index in [1.165, 1.54) is 29.3 Å². The quantitative estimate of drug-likeness (QED) is 0.167. The van der Waals surface area contributed by atoms with E-state index in [1.807, 2.05) is 36.5 Å². The largest absolute Gasteiger partial charge is 0.507 e. The summed E-state index contributed by atoms with van der Waals surface area (Å²) >= 11 is 0. The van der Waals surface area contributed by atoms with Gasteiger partial charge in [0.05, 0.1) is 5.69 Å². The Labute approximate surface area is 233 Å². The number of aromatic hydroxyl groups is 1. The summed E-state index contributed by atoms with van der Waals surface area (Å²) in [6, 6.07) is 21.4. The van der Waals surface area contributed by atoms with Gasteiger partial charge in [0.1, 0.15) is 5.75 Å². The minimum atomic E-state index is -0.189. The van der Waals surface area contributed by atoms with E-state index in [9.17, 15) is 5.11 Å². The fourth-order valence-electron chi connectivity index (χ4n) is 4.91. The van der Waals surface area contributed by atoms with Gasteiger partial charge in [0, 0.05) is 22.5 Å². The first-order valence-electron chi connectivity index (χ1n) is 14.1. The van der Waals surface area contributed by atoms with Gasteiger partial charge in [-0.15, -0.1) is 0 Å². The second-order valence-electron chi connectivity index (χ2n) is 13.0. The molecular formula is C35H48NOP. The number of unbranched alkanes of at least 4 members (excludes halogenated alkanes) is 2. The lowest BCUT2D eigenvalue weighted by atomic mass is 9.77. The molecule has 204 valence electrons. The molecule has 2 nitrogen and oxygen atoms in total. The highest BCUT2D eigenvalue weighted by Gasteiger charge is 2.34. The van der Waals surface area contributed by atoms with Gasteiger partial charge in [-0.1, -0.05) is 131 Å².